The van der Waals surface area contributed by atoms with Crippen molar-refractivity contribution in [3.8, 4) is 11.1 Å². The number of halogens is 1. The normalized spacial score (nSPS) is 17.2. The van der Waals surface area contributed by atoms with Gasteiger partial charge < -0.3 is 21.5 Å². The van der Waals surface area contributed by atoms with Gasteiger partial charge >= 0.3 is 0 Å². The molecule has 0 amide bonds. The number of nitrogens with zero attached hydrogens (tertiary/aromatic N) is 1. The van der Waals surface area contributed by atoms with Gasteiger partial charge in [-0.2, -0.15) is 0 Å². The molecule has 3 rings (SSSR count). The lowest BCUT2D eigenvalue weighted by Gasteiger charge is -2.34. The summed E-state index contributed by atoms with van der Waals surface area (Å²) in [6.45, 7) is 2.24. The molecular formula is C19H24BrN. The average Bonchev–Trinajstić information content (AvgIpc) is 2.56. The Morgan fingerprint density at radius 1 is 0.905 bits per heavy atom. The Morgan fingerprint density at radius 2 is 1.57 bits per heavy atom. The van der Waals surface area contributed by atoms with Gasteiger partial charge in [0.1, 0.15) is 6.04 Å². The molecule has 112 valence electrons. The minimum absolute atomic E-state index is 0. The van der Waals surface area contributed by atoms with Gasteiger partial charge in [0.15, 0.2) is 0 Å². The molecule has 1 aliphatic carbocycles. The van der Waals surface area contributed by atoms with E-state index in [1.54, 1.807) is 0 Å². The fourth-order valence-corrected chi connectivity index (χ4v) is 3.56. The molecule has 1 unspecified atom stereocenters. The zero-order chi connectivity index (χ0) is 14.3. The molecule has 0 N–H and O–H groups in total. The summed E-state index contributed by atoms with van der Waals surface area (Å²) in [6.07, 6.45) is 2.40. The molecule has 0 heterocycles. The Labute approximate surface area is 139 Å². The third-order valence-electron chi connectivity index (χ3n) is 4.62. The van der Waals surface area contributed by atoms with E-state index in [1.807, 2.05) is 0 Å². The highest BCUT2D eigenvalue weighted by Crippen LogP contribution is 2.41. The molecule has 0 bridgehead atoms. The molecule has 2 aromatic rings. The summed E-state index contributed by atoms with van der Waals surface area (Å²) in [6, 6.07) is 16.3. The molecule has 2 aromatic carbocycles. The van der Waals surface area contributed by atoms with Crippen molar-refractivity contribution >= 4 is 0 Å². The third-order valence-corrected chi connectivity index (χ3v) is 4.62. The van der Waals surface area contributed by atoms with Crippen LogP contribution in [-0.2, 0) is 6.42 Å². The van der Waals surface area contributed by atoms with Crippen LogP contribution in [0.2, 0.25) is 0 Å². The maximum Gasteiger partial charge on any atom is 0.115 e. The van der Waals surface area contributed by atoms with E-state index in [4.69, 9.17) is 0 Å². The van der Waals surface area contributed by atoms with E-state index < -0.39 is 0 Å². The lowest BCUT2D eigenvalue weighted by Crippen LogP contribution is -3.00. The number of quaternary nitrogens is 1. The Hall–Kier alpha value is -1.12. The van der Waals surface area contributed by atoms with Gasteiger partial charge in [-0.05, 0) is 35.6 Å². The van der Waals surface area contributed by atoms with Crippen molar-refractivity contribution < 1.29 is 21.5 Å². The second kappa shape index (κ2) is 5.94. The molecule has 0 aliphatic heterocycles. The van der Waals surface area contributed by atoms with E-state index in [2.05, 4.69) is 70.5 Å². The van der Waals surface area contributed by atoms with E-state index in [1.165, 1.54) is 40.7 Å². The quantitative estimate of drug-likeness (QED) is 0.684. The second-order valence-electron chi connectivity index (χ2n) is 6.86. The van der Waals surface area contributed by atoms with Crippen molar-refractivity contribution in [3.63, 3.8) is 0 Å². The predicted octanol–water partition coefficient (Wildman–Crippen LogP) is 1.36. The predicted molar refractivity (Wildman–Crippen MR) is 85.7 cm³/mol. The smallest absolute Gasteiger partial charge is 0.115 e. The van der Waals surface area contributed by atoms with E-state index in [0.29, 0.717) is 6.04 Å². The molecule has 1 nitrogen and oxygen atoms in total. The van der Waals surface area contributed by atoms with Gasteiger partial charge in [0.05, 0.1) is 21.1 Å². The summed E-state index contributed by atoms with van der Waals surface area (Å²) in [7, 11) is 6.93. The Kier molecular flexibility index (Phi) is 4.60. The topological polar surface area (TPSA) is 0 Å². The van der Waals surface area contributed by atoms with Gasteiger partial charge in [-0.1, -0.05) is 42.5 Å². The number of aryl methyl sites for hydroxylation is 1. The Morgan fingerprint density at radius 3 is 2.29 bits per heavy atom. The number of benzene rings is 2. The van der Waals surface area contributed by atoms with E-state index in [-0.39, 0.29) is 17.0 Å². The first-order chi connectivity index (χ1) is 9.48. The monoisotopic (exact) mass is 345 g/mol. The molecule has 0 saturated carbocycles. The van der Waals surface area contributed by atoms with Crippen LogP contribution in [0.5, 0.6) is 0 Å². The molecule has 1 atom stereocenters. The fraction of sp³-hybridized carbons (Fsp3) is 0.368. The van der Waals surface area contributed by atoms with E-state index in [9.17, 15) is 0 Å². The second-order valence-corrected chi connectivity index (χ2v) is 6.86. The standard InChI is InChI=1S/C19H24N.BrH/c1-14-8-7-11-16-15(14)12-13-19(20(2,3)4)18-10-6-5-9-17(16)18;/h5-11,19H,12-13H2,1-4H3;1H/q+1;/p-1. The molecule has 0 fully saturated rings. The van der Waals surface area contributed by atoms with Gasteiger partial charge in [0.2, 0.25) is 0 Å². The van der Waals surface area contributed by atoms with Crippen molar-refractivity contribution in [2.24, 2.45) is 0 Å². The van der Waals surface area contributed by atoms with Crippen LogP contribution in [0.3, 0.4) is 0 Å². The van der Waals surface area contributed by atoms with Crippen LogP contribution >= 0.6 is 0 Å². The lowest BCUT2D eigenvalue weighted by atomic mass is 9.93. The van der Waals surface area contributed by atoms with Crippen LogP contribution < -0.4 is 17.0 Å². The third kappa shape index (κ3) is 2.93. The minimum atomic E-state index is 0. The molecule has 0 spiro atoms. The zero-order valence-electron chi connectivity index (χ0n) is 13.4. The van der Waals surface area contributed by atoms with Crippen LogP contribution in [0, 0.1) is 6.92 Å². The minimum Gasteiger partial charge on any atom is -1.00 e. The molecule has 0 saturated heterocycles. The maximum absolute atomic E-state index is 2.32. The van der Waals surface area contributed by atoms with Crippen molar-refractivity contribution in [2.45, 2.75) is 25.8 Å². The summed E-state index contributed by atoms with van der Waals surface area (Å²) in [5.74, 6) is 0. The number of hydrogen-bond donors (Lipinski definition) is 0. The van der Waals surface area contributed by atoms with Crippen LogP contribution in [0.25, 0.3) is 11.1 Å². The summed E-state index contributed by atoms with van der Waals surface area (Å²) >= 11 is 0. The molecule has 21 heavy (non-hydrogen) atoms. The first kappa shape index (κ1) is 16.3. The Bertz CT molecular complexity index is 640. The summed E-state index contributed by atoms with van der Waals surface area (Å²) in [4.78, 5) is 0. The first-order valence-corrected chi connectivity index (χ1v) is 7.47. The zero-order valence-corrected chi connectivity index (χ0v) is 14.9. The van der Waals surface area contributed by atoms with Gasteiger partial charge in [0, 0.05) is 12.0 Å². The summed E-state index contributed by atoms with van der Waals surface area (Å²) in [5.41, 5.74) is 7.35. The highest BCUT2D eigenvalue weighted by atomic mass is 79.9. The molecule has 2 heteroatoms. The first-order valence-electron chi connectivity index (χ1n) is 7.47. The summed E-state index contributed by atoms with van der Waals surface area (Å²) < 4.78 is 0.990. The van der Waals surface area contributed by atoms with Gasteiger partial charge in [-0.15, -0.1) is 0 Å². The van der Waals surface area contributed by atoms with Gasteiger partial charge in [0.25, 0.3) is 0 Å². The largest absolute Gasteiger partial charge is 1.00 e. The SMILES string of the molecule is Cc1cccc2c1CCC([N+](C)(C)C)c1ccccc1-2.[Br-]. The van der Waals surface area contributed by atoms with Gasteiger partial charge in [-0.3, -0.25) is 0 Å². The summed E-state index contributed by atoms with van der Waals surface area (Å²) in [5, 5.41) is 0. The van der Waals surface area contributed by atoms with E-state index >= 15 is 0 Å². The molecule has 0 radical (unpaired) electrons. The lowest BCUT2D eigenvalue weighted by molar-refractivity contribution is -0.902. The Balaban J connectivity index is 0.00000161. The van der Waals surface area contributed by atoms with Crippen LogP contribution in [0.4, 0.5) is 0 Å². The number of hydrogen-bond acceptors (Lipinski definition) is 0. The van der Waals surface area contributed by atoms with Crippen molar-refractivity contribution in [3.05, 3.63) is 59.2 Å². The van der Waals surface area contributed by atoms with Crippen LogP contribution in [-0.4, -0.2) is 25.6 Å². The van der Waals surface area contributed by atoms with Crippen molar-refractivity contribution in [1.82, 2.24) is 0 Å². The van der Waals surface area contributed by atoms with E-state index in [0.717, 1.165) is 4.48 Å². The molecular weight excluding hydrogens is 322 g/mol. The highest BCUT2D eigenvalue weighted by molar-refractivity contribution is 5.73. The van der Waals surface area contributed by atoms with Gasteiger partial charge in [-0.25, -0.2) is 0 Å². The van der Waals surface area contributed by atoms with Crippen molar-refractivity contribution in [1.29, 1.82) is 0 Å². The molecule has 0 aromatic heterocycles. The highest BCUT2D eigenvalue weighted by Gasteiger charge is 2.31. The van der Waals surface area contributed by atoms with Crippen LogP contribution in [0.1, 0.15) is 29.2 Å². The number of fused-ring (bicyclic) bond motifs is 3. The van der Waals surface area contributed by atoms with Crippen LogP contribution in [0.15, 0.2) is 42.5 Å². The fourth-order valence-electron chi connectivity index (χ4n) is 3.56. The van der Waals surface area contributed by atoms with Crippen molar-refractivity contribution in [2.75, 3.05) is 21.1 Å². The average molecular weight is 346 g/mol. The molecule has 1 aliphatic rings. The maximum atomic E-state index is 2.32. The number of rotatable bonds is 1.